The van der Waals surface area contributed by atoms with Crippen LogP contribution in [0.15, 0.2) is 42.5 Å². The van der Waals surface area contributed by atoms with Crippen LogP contribution in [0, 0.1) is 24.5 Å². The number of hydrogen-bond donors (Lipinski definition) is 0. The summed E-state index contributed by atoms with van der Waals surface area (Å²) in [6, 6.07) is 12.6. The van der Waals surface area contributed by atoms with Gasteiger partial charge in [0.1, 0.15) is 11.6 Å². The Bertz CT molecular complexity index is 1020. The second kappa shape index (κ2) is 9.29. The van der Waals surface area contributed by atoms with Crippen LogP contribution < -0.4 is 4.90 Å². The van der Waals surface area contributed by atoms with Gasteiger partial charge in [0.05, 0.1) is 5.92 Å². The minimum atomic E-state index is -0.593. The third kappa shape index (κ3) is 4.83. The fourth-order valence-electron chi connectivity index (χ4n) is 5.68. The predicted molar refractivity (Wildman–Crippen MR) is 133 cm³/mol. The number of aryl methyl sites for hydroxylation is 1. The van der Waals surface area contributed by atoms with Gasteiger partial charge in [0.25, 0.3) is 0 Å². The van der Waals surface area contributed by atoms with Gasteiger partial charge in [0.15, 0.2) is 0 Å². The van der Waals surface area contributed by atoms with Crippen molar-refractivity contribution in [2.75, 3.05) is 31.1 Å². The molecule has 34 heavy (non-hydrogen) atoms. The maximum absolute atomic E-state index is 14.8. The molecule has 0 bridgehead atoms. The van der Waals surface area contributed by atoms with Crippen molar-refractivity contribution in [1.82, 2.24) is 9.80 Å². The molecule has 0 saturated carbocycles. The molecule has 0 N–H and O–H groups in total. The largest absolute Gasteiger partial charge is 0.363 e. The van der Waals surface area contributed by atoms with Gasteiger partial charge >= 0.3 is 0 Å². The van der Waals surface area contributed by atoms with E-state index in [2.05, 4.69) is 75.6 Å². The molecule has 2 aromatic carbocycles. The zero-order chi connectivity index (χ0) is 24.8. The van der Waals surface area contributed by atoms with Crippen LogP contribution in [0.1, 0.15) is 51.7 Å². The molecular formula is C28H37F2N3O. The molecule has 0 spiro atoms. The third-order valence-electron chi connectivity index (χ3n) is 7.51. The summed E-state index contributed by atoms with van der Waals surface area (Å²) in [6.45, 7) is 15.1. The van der Waals surface area contributed by atoms with Crippen LogP contribution in [0.25, 0.3) is 0 Å². The van der Waals surface area contributed by atoms with Gasteiger partial charge in [-0.15, -0.1) is 0 Å². The molecule has 2 fully saturated rings. The van der Waals surface area contributed by atoms with Crippen LogP contribution in [-0.4, -0.2) is 59.5 Å². The van der Waals surface area contributed by atoms with Gasteiger partial charge in [-0.05, 0) is 65.3 Å². The van der Waals surface area contributed by atoms with Crippen LogP contribution in [-0.2, 0) is 4.79 Å². The normalized spacial score (nSPS) is 26.2. The number of hydrogen-bond acceptors (Lipinski definition) is 3. The molecule has 4 rings (SSSR count). The lowest BCUT2D eigenvalue weighted by molar-refractivity contribution is -0.137. The van der Waals surface area contributed by atoms with Crippen molar-refractivity contribution in [1.29, 1.82) is 0 Å². The number of anilines is 1. The van der Waals surface area contributed by atoms with Gasteiger partial charge in [-0.25, -0.2) is 8.78 Å². The zero-order valence-corrected chi connectivity index (χ0v) is 21.2. The molecule has 4 atom stereocenters. The van der Waals surface area contributed by atoms with Gasteiger partial charge in [-0.1, -0.05) is 23.8 Å². The van der Waals surface area contributed by atoms with Crippen LogP contribution in [0.3, 0.4) is 0 Å². The number of amides is 1. The SMILES string of the molecule is Cc1ccc(N2[C@H](C)CN(C(=O)C3CN(C(C)(C)C)CC3c3ccc(F)cc3F)C[C@@H]2C)cc1. The quantitative estimate of drug-likeness (QED) is 0.617. The van der Waals surface area contributed by atoms with E-state index in [0.717, 1.165) is 6.07 Å². The lowest BCUT2D eigenvalue weighted by atomic mass is 9.87. The summed E-state index contributed by atoms with van der Waals surface area (Å²) in [5.41, 5.74) is 2.69. The minimum absolute atomic E-state index is 0.0720. The average molecular weight is 470 g/mol. The third-order valence-corrected chi connectivity index (χ3v) is 7.51. The number of carbonyl (C=O) groups is 1. The number of likely N-dealkylation sites (tertiary alicyclic amines) is 1. The van der Waals surface area contributed by atoms with Crippen molar-refractivity contribution in [2.45, 2.75) is 65.1 Å². The molecule has 2 unspecified atom stereocenters. The summed E-state index contributed by atoms with van der Waals surface area (Å²) in [5.74, 6) is -1.74. The van der Waals surface area contributed by atoms with E-state index in [9.17, 15) is 13.6 Å². The predicted octanol–water partition coefficient (Wildman–Crippen LogP) is 5.21. The van der Waals surface area contributed by atoms with Crippen LogP contribution in [0.5, 0.6) is 0 Å². The van der Waals surface area contributed by atoms with Gasteiger partial charge in [0.2, 0.25) is 5.91 Å². The Hall–Kier alpha value is -2.47. The van der Waals surface area contributed by atoms with E-state index in [1.807, 2.05) is 4.90 Å². The monoisotopic (exact) mass is 469 g/mol. The number of nitrogens with zero attached hydrogens (tertiary/aromatic N) is 3. The molecule has 1 amide bonds. The maximum atomic E-state index is 14.8. The number of rotatable bonds is 3. The number of carbonyl (C=O) groups excluding carboxylic acids is 1. The highest BCUT2D eigenvalue weighted by Gasteiger charge is 2.45. The fraction of sp³-hybridized carbons (Fsp3) is 0.536. The Labute approximate surface area is 202 Å². The summed E-state index contributed by atoms with van der Waals surface area (Å²) < 4.78 is 28.4. The molecule has 0 radical (unpaired) electrons. The molecule has 2 heterocycles. The molecular weight excluding hydrogens is 432 g/mol. The van der Waals surface area contributed by atoms with Crippen molar-refractivity contribution >= 4 is 11.6 Å². The summed E-state index contributed by atoms with van der Waals surface area (Å²) in [7, 11) is 0. The van der Waals surface area contributed by atoms with Crippen molar-refractivity contribution in [3.63, 3.8) is 0 Å². The zero-order valence-electron chi connectivity index (χ0n) is 21.2. The molecule has 2 aliphatic heterocycles. The lowest BCUT2D eigenvalue weighted by Crippen LogP contribution is -2.59. The van der Waals surface area contributed by atoms with E-state index in [4.69, 9.17) is 0 Å². The molecule has 0 aromatic heterocycles. The first kappa shape index (κ1) is 24.6. The Morgan fingerprint density at radius 2 is 1.53 bits per heavy atom. The number of halogens is 2. The number of benzene rings is 2. The van der Waals surface area contributed by atoms with E-state index < -0.39 is 11.6 Å². The molecule has 6 heteroatoms. The Kier molecular flexibility index (Phi) is 6.74. The first-order valence-electron chi connectivity index (χ1n) is 12.3. The highest BCUT2D eigenvalue weighted by Crippen LogP contribution is 2.39. The van der Waals surface area contributed by atoms with Gasteiger partial charge in [-0.3, -0.25) is 9.69 Å². The van der Waals surface area contributed by atoms with E-state index in [1.165, 1.54) is 23.4 Å². The molecule has 2 aliphatic rings. The summed E-state index contributed by atoms with van der Waals surface area (Å²) in [5, 5.41) is 0. The smallest absolute Gasteiger partial charge is 0.227 e. The topological polar surface area (TPSA) is 26.8 Å². The number of piperazine rings is 1. The lowest BCUT2D eigenvalue weighted by Gasteiger charge is -2.46. The van der Waals surface area contributed by atoms with Crippen molar-refractivity contribution in [3.8, 4) is 0 Å². The van der Waals surface area contributed by atoms with Crippen LogP contribution in [0.2, 0.25) is 0 Å². The second-order valence-electron chi connectivity index (χ2n) is 11.1. The second-order valence-corrected chi connectivity index (χ2v) is 11.1. The van der Waals surface area contributed by atoms with E-state index in [1.54, 1.807) is 0 Å². The van der Waals surface area contributed by atoms with Crippen molar-refractivity contribution in [3.05, 3.63) is 65.2 Å². The van der Waals surface area contributed by atoms with Crippen molar-refractivity contribution in [2.24, 2.45) is 5.92 Å². The highest BCUT2D eigenvalue weighted by molar-refractivity contribution is 5.81. The molecule has 2 saturated heterocycles. The van der Waals surface area contributed by atoms with E-state index in [-0.39, 0.29) is 35.4 Å². The first-order valence-corrected chi connectivity index (χ1v) is 12.3. The summed E-state index contributed by atoms with van der Waals surface area (Å²) in [6.07, 6.45) is 0. The maximum Gasteiger partial charge on any atom is 0.227 e. The first-order chi connectivity index (χ1) is 16.0. The van der Waals surface area contributed by atoms with E-state index in [0.29, 0.717) is 31.7 Å². The average Bonchev–Trinajstić information content (AvgIpc) is 3.19. The van der Waals surface area contributed by atoms with Crippen molar-refractivity contribution < 1.29 is 13.6 Å². The van der Waals surface area contributed by atoms with Crippen LogP contribution in [0.4, 0.5) is 14.5 Å². The molecule has 4 nitrogen and oxygen atoms in total. The Morgan fingerprint density at radius 3 is 2.09 bits per heavy atom. The Balaban J connectivity index is 1.58. The van der Waals surface area contributed by atoms with E-state index >= 15 is 0 Å². The standard InChI is InChI=1S/C28H37F2N3O/c1-18-7-10-22(11-8-18)33-19(2)14-31(15-20(33)3)27(34)25-17-32(28(4,5)6)16-24(25)23-12-9-21(29)13-26(23)30/h7-13,19-20,24-25H,14-17H2,1-6H3/t19-,20+,24?,25?. The summed E-state index contributed by atoms with van der Waals surface area (Å²) >= 11 is 0. The van der Waals surface area contributed by atoms with Gasteiger partial charge in [-0.2, -0.15) is 0 Å². The minimum Gasteiger partial charge on any atom is -0.363 e. The fourth-order valence-corrected chi connectivity index (χ4v) is 5.68. The van der Waals surface area contributed by atoms with Gasteiger partial charge < -0.3 is 9.80 Å². The summed E-state index contributed by atoms with van der Waals surface area (Å²) in [4.78, 5) is 20.5. The molecule has 184 valence electrons. The molecule has 2 aromatic rings. The molecule has 0 aliphatic carbocycles. The van der Waals surface area contributed by atoms with Crippen LogP contribution >= 0.6 is 0 Å². The highest BCUT2D eigenvalue weighted by atomic mass is 19.1. The van der Waals surface area contributed by atoms with Gasteiger partial charge in [0, 0.05) is 61.5 Å². The Morgan fingerprint density at radius 1 is 0.912 bits per heavy atom.